The molecule has 0 amide bonds. The van der Waals surface area contributed by atoms with Gasteiger partial charge in [0.25, 0.3) is 0 Å². The molecule has 0 spiro atoms. The van der Waals surface area contributed by atoms with Crippen molar-refractivity contribution in [2.45, 2.75) is 6.92 Å². The smallest absolute Gasteiger partial charge is 0.382 e. The van der Waals surface area contributed by atoms with Crippen LogP contribution in [-0.2, 0) is 9.90 Å². The molecule has 0 heterocycles. The van der Waals surface area contributed by atoms with E-state index in [1.54, 1.807) is 0 Å². The molecule has 0 saturated heterocycles. The molecule has 1 N–H and O–H groups in total. The summed E-state index contributed by atoms with van der Waals surface area (Å²) < 4.78 is 0. The van der Waals surface area contributed by atoms with E-state index in [0.29, 0.717) is 6.08 Å². The van der Waals surface area contributed by atoms with Crippen LogP contribution in [0.1, 0.15) is 6.92 Å². The summed E-state index contributed by atoms with van der Waals surface area (Å²) in [5.74, 6) is -1.62. The largest absolute Gasteiger partial charge is 0.512 e. The van der Waals surface area contributed by atoms with Crippen molar-refractivity contribution in [3.8, 4) is 0 Å². The molecule has 0 aliphatic heterocycles. The molecule has 3 nitrogen and oxygen atoms in total. The number of aliphatic hydroxyl groups is 1. The van der Waals surface area contributed by atoms with Crippen LogP contribution in [0.25, 0.3) is 0 Å². The maximum atomic E-state index is 9.46. The van der Waals surface area contributed by atoms with E-state index in [1.807, 2.05) is 0 Å². The molecule has 3 heteroatoms. The topological polar surface area (TPSA) is 57.2 Å². The van der Waals surface area contributed by atoms with E-state index in [-0.39, 0.29) is 5.76 Å². The van der Waals surface area contributed by atoms with Gasteiger partial charge in [-0.3, -0.25) is 0 Å². The third-order valence-corrected chi connectivity index (χ3v) is 0.327. The Morgan fingerprint density at radius 1 is 1.71 bits per heavy atom. The predicted molar refractivity (Wildman–Crippen MR) is 22.1 cm³/mol. The Bertz CT molecular complexity index is 99.5. The first-order valence-corrected chi connectivity index (χ1v) is 1.71. The van der Waals surface area contributed by atoms with Gasteiger partial charge in [-0.2, -0.15) is 0 Å². The Morgan fingerprint density at radius 2 is 2.14 bits per heavy atom. The molecule has 39 valence electrons. The van der Waals surface area contributed by atoms with Crippen LogP contribution in [0.4, 0.5) is 0 Å². The van der Waals surface area contributed by atoms with Gasteiger partial charge in [0.05, 0.1) is 11.8 Å². The molecule has 0 fully saturated rings. The van der Waals surface area contributed by atoms with Crippen LogP contribution in [0.2, 0.25) is 0 Å². The van der Waals surface area contributed by atoms with Gasteiger partial charge in [0.15, 0.2) is 0 Å². The SMILES string of the molecule is CC(O)=CC([O])=O. The summed E-state index contributed by atoms with van der Waals surface area (Å²) in [6.45, 7) is 1.26. The quantitative estimate of drug-likeness (QED) is 0.384. The second kappa shape index (κ2) is 2.23. The maximum absolute atomic E-state index is 9.46. The lowest BCUT2D eigenvalue weighted by molar-refractivity contribution is -0.137. The van der Waals surface area contributed by atoms with Crippen LogP contribution in [0.5, 0.6) is 0 Å². The summed E-state index contributed by atoms with van der Waals surface area (Å²) >= 11 is 0. The van der Waals surface area contributed by atoms with Crippen LogP contribution in [0.15, 0.2) is 11.8 Å². The monoisotopic (exact) mass is 101 g/mol. The van der Waals surface area contributed by atoms with Gasteiger partial charge in [-0.15, -0.1) is 0 Å². The number of hydrogen-bond donors (Lipinski definition) is 1. The van der Waals surface area contributed by atoms with E-state index in [1.165, 1.54) is 6.92 Å². The molecule has 0 atom stereocenters. The minimum atomic E-state index is -1.37. The highest BCUT2D eigenvalue weighted by molar-refractivity contribution is 5.79. The van der Waals surface area contributed by atoms with Gasteiger partial charge in [-0.1, -0.05) is 0 Å². The predicted octanol–water partition coefficient (Wildman–Crippen LogP) is 0.405. The highest BCUT2D eigenvalue weighted by Crippen LogP contribution is 1.81. The molecule has 0 aromatic rings. The number of carbonyl (C=O) groups excluding carboxylic acids is 1. The fourth-order valence-corrected chi connectivity index (χ4v) is 0.171. The molecule has 0 aliphatic rings. The summed E-state index contributed by atoms with van der Waals surface area (Å²) in [4.78, 5) is 9.46. The Kier molecular flexibility index (Phi) is 1.91. The first-order chi connectivity index (χ1) is 3.13. The molecular formula is C4H5O3. The van der Waals surface area contributed by atoms with Gasteiger partial charge in [0, 0.05) is 0 Å². The first-order valence-electron chi connectivity index (χ1n) is 1.71. The van der Waals surface area contributed by atoms with E-state index < -0.39 is 5.97 Å². The Morgan fingerprint density at radius 3 is 2.14 bits per heavy atom. The number of allylic oxidation sites excluding steroid dienone is 1. The highest BCUT2D eigenvalue weighted by atomic mass is 16.4. The molecule has 0 unspecified atom stereocenters. The summed E-state index contributed by atoms with van der Waals surface area (Å²) in [5.41, 5.74) is 0. The van der Waals surface area contributed by atoms with Crippen LogP contribution < -0.4 is 0 Å². The van der Waals surface area contributed by atoms with Crippen LogP contribution in [-0.4, -0.2) is 11.1 Å². The average Bonchev–Trinajstić information content (AvgIpc) is 1.27. The lowest BCUT2D eigenvalue weighted by Crippen LogP contribution is -1.85. The van der Waals surface area contributed by atoms with Crippen molar-refractivity contribution in [2.75, 3.05) is 0 Å². The minimum absolute atomic E-state index is 0.250. The second-order valence-electron chi connectivity index (χ2n) is 1.10. The number of hydrogen-bond acceptors (Lipinski definition) is 2. The minimum Gasteiger partial charge on any atom is -0.512 e. The maximum Gasteiger partial charge on any atom is 0.382 e. The normalized spacial score (nSPS) is 11.3. The number of rotatable bonds is 1. The van der Waals surface area contributed by atoms with Crippen LogP contribution in [0.3, 0.4) is 0 Å². The second-order valence-corrected chi connectivity index (χ2v) is 1.10. The number of carbonyl (C=O) groups is 1. The van der Waals surface area contributed by atoms with E-state index in [4.69, 9.17) is 5.11 Å². The van der Waals surface area contributed by atoms with E-state index >= 15 is 0 Å². The highest BCUT2D eigenvalue weighted by Gasteiger charge is 1.89. The molecule has 0 aliphatic carbocycles. The van der Waals surface area contributed by atoms with Crippen LogP contribution in [0, 0.1) is 0 Å². The molecule has 0 aromatic heterocycles. The van der Waals surface area contributed by atoms with Crippen molar-refractivity contribution in [1.29, 1.82) is 0 Å². The zero-order valence-corrected chi connectivity index (χ0v) is 3.84. The van der Waals surface area contributed by atoms with Gasteiger partial charge in [0.1, 0.15) is 0 Å². The summed E-state index contributed by atoms with van der Waals surface area (Å²) in [6.07, 6.45) is 0.611. The van der Waals surface area contributed by atoms with Gasteiger partial charge in [-0.25, -0.2) is 9.90 Å². The third kappa shape index (κ3) is 5.01. The zero-order chi connectivity index (χ0) is 5.86. The molecular weight excluding hydrogens is 96.0 g/mol. The molecule has 7 heavy (non-hydrogen) atoms. The molecule has 1 radical (unpaired) electrons. The van der Waals surface area contributed by atoms with Crippen molar-refractivity contribution < 1.29 is 15.0 Å². The van der Waals surface area contributed by atoms with E-state index in [2.05, 4.69) is 0 Å². The van der Waals surface area contributed by atoms with Crippen molar-refractivity contribution >= 4 is 5.97 Å². The van der Waals surface area contributed by atoms with Crippen molar-refractivity contribution in [3.63, 3.8) is 0 Å². The summed E-state index contributed by atoms with van der Waals surface area (Å²) in [6, 6.07) is 0. The van der Waals surface area contributed by atoms with Gasteiger partial charge >= 0.3 is 5.97 Å². The fraction of sp³-hybridized carbons (Fsp3) is 0.250. The average molecular weight is 101 g/mol. The lowest BCUT2D eigenvalue weighted by Gasteiger charge is -1.77. The molecule has 0 saturated carbocycles. The standard InChI is InChI=1S/C4H5O3/c1-3(5)2-4(6)7/h2,5H,1H3. The molecule has 0 rings (SSSR count). The van der Waals surface area contributed by atoms with Crippen molar-refractivity contribution in [2.24, 2.45) is 0 Å². The molecule has 0 aromatic carbocycles. The Labute approximate surface area is 40.9 Å². The summed E-state index contributed by atoms with van der Waals surface area (Å²) in [5, 5.41) is 17.6. The van der Waals surface area contributed by atoms with Crippen molar-refractivity contribution in [1.82, 2.24) is 0 Å². The van der Waals surface area contributed by atoms with Gasteiger partial charge in [0.2, 0.25) is 0 Å². The summed E-state index contributed by atoms with van der Waals surface area (Å²) in [7, 11) is 0. The van der Waals surface area contributed by atoms with Gasteiger partial charge in [-0.05, 0) is 6.92 Å². The van der Waals surface area contributed by atoms with Gasteiger partial charge < -0.3 is 5.11 Å². The molecule has 0 bridgehead atoms. The first kappa shape index (κ1) is 6.01. The van der Waals surface area contributed by atoms with Crippen molar-refractivity contribution in [3.05, 3.63) is 11.8 Å². The Balaban J connectivity index is 3.68. The Hall–Kier alpha value is -0.990. The third-order valence-electron chi connectivity index (χ3n) is 0.327. The van der Waals surface area contributed by atoms with Crippen LogP contribution >= 0.6 is 0 Å². The zero-order valence-electron chi connectivity index (χ0n) is 3.84. The van der Waals surface area contributed by atoms with E-state index in [0.717, 1.165) is 0 Å². The lowest BCUT2D eigenvalue weighted by atomic mass is 10.5. The number of aliphatic hydroxyl groups excluding tert-OH is 1. The van der Waals surface area contributed by atoms with E-state index in [9.17, 15) is 9.90 Å². The fourth-order valence-electron chi connectivity index (χ4n) is 0.171.